The van der Waals surface area contributed by atoms with Crippen LogP contribution in [0, 0.1) is 19.3 Å². The first kappa shape index (κ1) is 42.4. The summed E-state index contributed by atoms with van der Waals surface area (Å²) in [5.41, 5.74) is 1.36. The lowest BCUT2D eigenvalue weighted by Gasteiger charge is -2.28. The van der Waals surface area contributed by atoms with Crippen LogP contribution in [0.25, 0.3) is 22.0 Å². The zero-order valence-electron chi connectivity index (χ0n) is 34.7. The Bertz CT molecular complexity index is 2580. The van der Waals surface area contributed by atoms with E-state index in [1.165, 1.54) is 27.5 Å². The number of rotatable bonds is 7. The fraction of sp³-hybridized carbons (Fsp3) is 0.413. The number of pyridine rings is 1. The highest BCUT2D eigenvalue weighted by atomic mass is 19.4. The van der Waals surface area contributed by atoms with Gasteiger partial charge in [-0.3, -0.25) is 28.8 Å². The van der Waals surface area contributed by atoms with Crippen molar-refractivity contribution in [2.24, 2.45) is 5.41 Å². The monoisotopic (exact) mass is 849 g/mol. The predicted molar refractivity (Wildman–Crippen MR) is 221 cm³/mol. The van der Waals surface area contributed by atoms with Crippen molar-refractivity contribution in [2.45, 2.75) is 110 Å². The van der Waals surface area contributed by atoms with E-state index in [4.69, 9.17) is 9.84 Å². The van der Waals surface area contributed by atoms with Gasteiger partial charge >= 0.3 is 12.3 Å². The first-order valence-corrected chi connectivity index (χ1v) is 20.8. The number of benzene rings is 2. The molecule has 2 amide bonds. The second-order valence-corrected chi connectivity index (χ2v) is 16.7. The number of amides is 2. The van der Waals surface area contributed by atoms with Crippen molar-refractivity contribution in [1.82, 2.24) is 29.6 Å². The summed E-state index contributed by atoms with van der Waals surface area (Å²) in [5.74, 6) is -0.769. The number of hydrogen-bond donors (Lipinski definition) is 0. The summed E-state index contributed by atoms with van der Waals surface area (Å²) >= 11 is 0. The van der Waals surface area contributed by atoms with Crippen LogP contribution in [0.15, 0.2) is 67.0 Å². The summed E-state index contributed by atoms with van der Waals surface area (Å²) in [4.78, 5) is 85.6. The third-order valence-electron chi connectivity index (χ3n) is 12.4. The zero-order chi connectivity index (χ0) is 43.9. The molecule has 5 aromatic rings. The zero-order valence-corrected chi connectivity index (χ0v) is 34.7. The lowest BCUT2D eigenvalue weighted by Crippen LogP contribution is -2.45. The van der Waals surface area contributed by atoms with Gasteiger partial charge in [0.1, 0.15) is 36.1 Å². The summed E-state index contributed by atoms with van der Waals surface area (Å²) in [7, 11) is 0. The number of carbonyl (C=O) groups is 5. The molecule has 13 nitrogen and oxygen atoms in total. The van der Waals surface area contributed by atoms with Crippen LogP contribution in [0.1, 0.15) is 97.1 Å². The van der Waals surface area contributed by atoms with Crippen molar-refractivity contribution in [3.05, 3.63) is 101 Å². The Labute approximate surface area is 355 Å². The number of hydrogen-bond acceptors (Lipinski definition) is 10. The minimum atomic E-state index is -4.72. The van der Waals surface area contributed by atoms with E-state index in [-0.39, 0.29) is 43.2 Å². The second-order valence-electron chi connectivity index (χ2n) is 16.7. The Morgan fingerprint density at radius 2 is 1.68 bits per heavy atom. The largest absolute Gasteiger partial charge is 0.444 e. The molecule has 2 fully saturated rings. The van der Waals surface area contributed by atoms with Crippen LogP contribution in [0.3, 0.4) is 0 Å². The number of aryl methyl sites for hydroxylation is 2. The number of ketones is 3. The molecule has 16 heteroatoms. The standard InChI is InChI=1S/C46H46F3N7O6/c1-27-13-14-39(46(47,48)49)52-35(27)20-38(59)37-21-45-16-15-33(58)12-8-5-9-17-54(44(61)62-26-30-10-6-4-7-11-30)36-19-31(32-23-50-29(3)51-24-32)18-34-42(28(2)57)53-55(43(34)36)25-41(60)56(37)40(45)22-45/h4,6-7,10-11,13-14,18-19,23-24,37,40H,5,8-9,12,15-17,20-22,25-26H2,1-3H3/t37-,40+,45-/m0/s1. The van der Waals surface area contributed by atoms with Gasteiger partial charge in [-0.25, -0.2) is 19.7 Å². The van der Waals surface area contributed by atoms with Gasteiger partial charge in [-0.15, -0.1) is 0 Å². The molecule has 3 aromatic heterocycles. The maximum absolute atomic E-state index is 14.8. The number of alkyl halides is 3. The molecular weight excluding hydrogens is 804 g/mol. The van der Waals surface area contributed by atoms with E-state index in [1.807, 2.05) is 30.3 Å². The molecule has 5 heterocycles. The first-order chi connectivity index (χ1) is 29.6. The van der Waals surface area contributed by atoms with Crippen molar-refractivity contribution < 1.29 is 41.9 Å². The predicted octanol–water partition coefficient (Wildman–Crippen LogP) is 7.96. The van der Waals surface area contributed by atoms with Gasteiger partial charge in [-0.2, -0.15) is 18.3 Å². The number of carbonyl (C=O) groups excluding carboxylic acids is 5. The van der Waals surface area contributed by atoms with Crippen molar-refractivity contribution in [2.75, 3.05) is 11.4 Å². The minimum absolute atomic E-state index is 0.0284. The van der Waals surface area contributed by atoms with Crippen molar-refractivity contribution >= 4 is 45.9 Å². The average Bonchev–Trinajstić information content (AvgIpc) is 3.65. The third-order valence-corrected chi connectivity index (χ3v) is 12.4. The van der Waals surface area contributed by atoms with Crippen LogP contribution >= 0.6 is 0 Å². The van der Waals surface area contributed by atoms with Gasteiger partial charge in [0.25, 0.3) is 0 Å². The van der Waals surface area contributed by atoms with Gasteiger partial charge in [-0.05, 0) is 86.3 Å². The Morgan fingerprint density at radius 3 is 2.40 bits per heavy atom. The van der Waals surface area contributed by atoms with Crippen LogP contribution in [-0.4, -0.2) is 77.6 Å². The van der Waals surface area contributed by atoms with E-state index in [0.29, 0.717) is 77.6 Å². The van der Waals surface area contributed by atoms with E-state index in [1.54, 1.807) is 38.4 Å². The summed E-state index contributed by atoms with van der Waals surface area (Å²) in [6, 6.07) is 13.4. The molecule has 0 radical (unpaired) electrons. The first-order valence-electron chi connectivity index (χ1n) is 20.8. The number of Topliss-reactive ketones (excluding diaryl/α,β-unsaturated/α-hetero) is 3. The molecule has 3 aliphatic rings. The lowest BCUT2D eigenvalue weighted by molar-refractivity contribution is -0.141. The molecule has 2 aliphatic heterocycles. The Kier molecular flexibility index (Phi) is 11.5. The van der Waals surface area contributed by atoms with E-state index in [2.05, 4.69) is 15.0 Å². The fourth-order valence-electron chi connectivity index (χ4n) is 9.00. The fourth-order valence-corrected chi connectivity index (χ4v) is 9.00. The van der Waals surface area contributed by atoms with Gasteiger partial charge in [0.15, 0.2) is 11.6 Å². The minimum Gasteiger partial charge on any atom is -0.444 e. The SMILES string of the molecule is CC(=O)c1nn2c3c(cc(-c4cnc(C)nc4)cc13)N(C(=O)OCc1ccccc1)CCCCCC(=O)CC[C@@]13C[C@@H](C(=O)Cc4nc(C(F)(F)F)ccc4C)N(C(=O)C2)[C@@H]1C3. The molecule has 1 saturated carbocycles. The molecule has 322 valence electrons. The number of ether oxygens (including phenoxy) is 1. The van der Waals surface area contributed by atoms with Gasteiger partial charge in [0, 0.05) is 55.7 Å². The van der Waals surface area contributed by atoms with Crippen LogP contribution in [0.2, 0.25) is 0 Å². The highest BCUT2D eigenvalue weighted by Gasteiger charge is 2.66. The Hall–Kier alpha value is -6.32. The normalized spacial score (nSPS) is 20.8. The molecule has 1 aliphatic carbocycles. The van der Waals surface area contributed by atoms with E-state index in [9.17, 15) is 37.1 Å². The lowest BCUT2D eigenvalue weighted by atomic mass is 9.90. The molecule has 3 atom stereocenters. The summed E-state index contributed by atoms with van der Waals surface area (Å²) in [6.45, 7) is 4.39. The summed E-state index contributed by atoms with van der Waals surface area (Å²) in [5, 5.41) is 5.06. The van der Waals surface area contributed by atoms with Crippen LogP contribution < -0.4 is 4.90 Å². The van der Waals surface area contributed by atoms with Gasteiger partial charge < -0.3 is 9.64 Å². The molecule has 0 unspecified atom stereocenters. The highest BCUT2D eigenvalue weighted by Crippen LogP contribution is 2.62. The number of halogens is 3. The van der Waals surface area contributed by atoms with Gasteiger partial charge in [-0.1, -0.05) is 42.8 Å². The summed E-state index contributed by atoms with van der Waals surface area (Å²) in [6.07, 6.45) is 0.956. The molecule has 2 aromatic carbocycles. The van der Waals surface area contributed by atoms with Crippen LogP contribution in [0.5, 0.6) is 0 Å². The Balaban J connectivity index is 1.23. The number of aromatic nitrogens is 5. The van der Waals surface area contributed by atoms with Crippen LogP contribution in [0.4, 0.5) is 23.7 Å². The van der Waals surface area contributed by atoms with Crippen molar-refractivity contribution in [1.29, 1.82) is 0 Å². The third kappa shape index (κ3) is 8.59. The summed E-state index contributed by atoms with van der Waals surface area (Å²) < 4.78 is 48.3. The number of anilines is 1. The van der Waals surface area contributed by atoms with E-state index >= 15 is 0 Å². The quantitative estimate of drug-likeness (QED) is 0.147. The topological polar surface area (TPSA) is 158 Å². The number of piperidine rings is 1. The molecule has 2 bridgehead atoms. The van der Waals surface area contributed by atoms with E-state index < -0.39 is 65.9 Å². The molecule has 0 N–H and O–H groups in total. The van der Waals surface area contributed by atoms with Gasteiger partial charge in [0.2, 0.25) is 5.91 Å². The van der Waals surface area contributed by atoms with Gasteiger partial charge in [0.05, 0.1) is 29.4 Å². The van der Waals surface area contributed by atoms with Crippen molar-refractivity contribution in [3.8, 4) is 11.1 Å². The molecule has 8 rings (SSSR count). The molecular formula is C46H46F3N7O6. The maximum Gasteiger partial charge on any atom is 0.433 e. The smallest absolute Gasteiger partial charge is 0.433 e. The number of nitrogens with zero attached hydrogens (tertiary/aromatic N) is 7. The van der Waals surface area contributed by atoms with Crippen LogP contribution in [-0.2, 0) is 44.9 Å². The average molecular weight is 850 g/mol. The molecule has 1 saturated heterocycles. The molecule has 0 spiro atoms. The second kappa shape index (κ2) is 16.9. The molecule has 62 heavy (non-hydrogen) atoms. The maximum atomic E-state index is 14.8. The Morgan fingerprint density at radius 1 is 0.919 bits per heavy atom. The van der Waals surface area contributed by atoms with Crippen molar-refractivity contribution in [3.63, 3.8) is 0 Å². The highest BCUT2D eigenvalue weighted by molar-refractivity contribution is 6.11. The van der Waals surface area contributed by atoms with E-state index in [0.717, 1.165) is 11.6 Å².